The molecule has 1 aliphatic heterocycles. The molecule has 0 spiro atoms. The minimum atomic E-state index is -0.203. The molecular formula is C20H27ClN2O. The number of nitrogens with zero attached hydrogens (tertiary/aromatic N) is 1. The van der Waals surface area contributed by atoms with Crippen LogP contribution in [-0.4, -0.2) is 17.0 Å². The number of hydrogen-bond acceptors (Lipinski definition) is 3. The van der Waals surface area contributed by atoms with E-state index < -0.39 is 0 Å². The van der Waals surface area contributed by atoms with Gasteiger partial charge in [0.05, 0.1) is 22.0 Å². The van der Waals surface area contributed by atoms with Crippen molar-refractivity contribution < 1.29 is 4.79 Å². The summed E-state index contributed by atoms with van der Waals surface area (Å²) in [5.74, 6) is 0.543. The molecule has 0 saturated heterocycles. The summed E-state index contributed by atoms with van der Waals surface area (Å²) in [6, 6.07) is 3.84. The van der Waals surface area contributed by atoms with Crippen LogP contribution in [0.5, 0.6) is 0 Å². The first kappa shape index (κ1) is 17.5. The lowest BCUT2D eigenvalue weighted by Gasteiger charge is -2.30. The lowest BCUT2D eigenvalue weighted by Crippen LogP contribution is -2.31. The Balaban J connectivity index is 1.87. The molecule has 1 aromatic carbocycles. The Morgan fingerprint density at radius 2 is 1.92 bits per heavy atom. The summed E-state index contributed by atoms with van der Waals surface area (Å²) in [4.78, 5) is 17.7. The number of rotatable bonds is 3. The number of carbonyl (C=O) groups is 1. The second-order valence-corrected chi connectivity index (χ2v) is 8.32. The molecule has 3 rings (SSSR count). The van der Waals surface area contributed by atoms with Crippen molar-refractivity contribution >= 4 is 28.8 Å². The van der Waals surface area contributed by atoms with Gasteiger partial charge in [-0.1, -0.05) is 37.3 Å². The summed E-state index contributed by atoms with van der Waals surface area (Å²) >= 11 is 6.20. The molecule has 0 bridgehead atoms. The standard InChI is InChI=1S/C20H27ClN2O/c1-20(2)12-14-9-16(21)17(22)10-15(14)18(23-20)11-19(24)13-7-5-3-4-6-8-13/h9-10,13H,3-8,11-12,22H2,1-2H3. The third-order valence-electron chi connectivity index (χ3n) is 5.25. The average Bonchev–Trinajstić information content (AvgIpc) is 2.77. The molecule has 0 atom stereocenters. The molecule has 2 N–H and O–H groups in total. The molecule has 1 aromatic rings. The van der Waals surface area contributed by atoms with E-state index in [0.29, 0.717) is 22.9 Å². The maximum Gasteiger partial charge on any atom is 0.141 e. The van der Waals surface area contributed by atoms with Crippen LogP contribution in [0.4, 0.5) is 5.69 Å². The highest BCUT2D eigenvalue weighted by molar-refractivity contribution is 6.33. The summed E-state index contributed by atoms with van der Waals surface area (Å²) in [5.41, 5.74) is 9.40. The van der Waals surface area contributed by atoms with Crippen LogP contribution in [0.2, 0.25) is 5.02 Å². The van der Waals surface area contributed by atoms with E-state index in [1.54, 1.807) is 0 Å². The van der Waals surface area contributed by atoms with Gasteiger partial charge < -0.3 is 5.73 Å². The van der Waals surface area contributed by atoms with Gasteiger partial charge in [-0.05, 0) is 50.8 Å². The number of ketones is 1. The fourth-order valence-corrected chi connectivity index (χ4v) is 4.21. The molecule has 1 fully saturated rings. The summed E-state index contributed by atoms with van der Waals surface area (Å²) in [7, 11) is 0. The molecule has 0 radical (unpaired) electrons. The van der Waals surface area contributed by atoms with E-state index in [4.69, 9.17) is 22.3 Å². The van der Waals surface area contributed by atoms with Crippen LogP contribution in [0.15, 0.2) is 17.1 Å². The number of anilines is 1. The molecule has 24 heavy (non-hydrogen) atoms. The topological polar surface area (TPSA) is 55.5 Å². The first-order valence-electron chi connectivity index (χ1n) is 9.05. The predicted molar refractivity (Wildman–Crippen MR) is 101 cm³/mol. The maximum atomic E-state index is 12.9. The largest absolute Gasteiger partial charge is 0.398 e. The lowest BCUT2D eigenvalue weighted by atomic mass is 9.83. The van der Waals surface area contributed by atoms with Crippen molar-refractivity contribution in [2.75, 3.05) is 5.73 Å². The molecule has 1 aliphatic carbocycles. The number of nitrogen functional groups attached to an aromatic ring is 1. The highest BCUT2D eigenvalue weighted by Gasteiger charge is 2.30. The van der Waals surface area contributed by atoms with Gasteiger partial charge in [-0.2, -0.15) is 0 Å². The smallest absolute Gasteiger partial charge is 0.141 e. The van der Waals surface area contributed by atoms with Gasteiger partial charge in [0, 0.05) is 17.9 Å². The molecule has 4 heteroatoms. The van der Waals surface area contributed by atoms with Crippen LogP contribution in [0.1, 0.15) is 69.9 Å². The van der Waals surface area contributed by atoms with Crippen LogP contribution in [0, 0.1) is 5.92 Å². The predicted octanol–water partition coefficient (Wildman–Crippen LogP) is 4.98. The van der Waals surface area contributed by atoms with Gasteiger partial charge in [0.1, 0.15) is 5.78 Å². The molecule has 0 amide bonds. The molecular weight excluding hydrogens is 320 g/mol. The van der Waals surface area contributed by atoms with Crippen LogP contribution < -0.4 is 5.73 Å². The summed E-state index contributed by atoms with van der Waals surface area (Å²) in [5, 5.41) is 0.584. The van der Waals surface area contributed by atoms with Gasteiger partial charge in [0.2, 0.25) is 0 Å². The van der Waals surface area contributed by atoms with E-state index >= 15 is 0 Å². The number of benzene rings is 1. The zero-order chi connectivity index (χ0) is 17.3. The molecule has 0 unspecified atom stereocenters. The molecule has 1 heterocycles. The fraction of sp³-hybridized carbons (Fsp3) is 0.600. The number of Topliss-reactive ketones (excluding diaryl/α,β-unsaturated/α-hetero) is 1. The minimum absolute atomic E-state index is 0.202. The summed E-state index contributed by atoms with van der Waals surface area (Å²) in [6.07, 6.45) is 8.17. The summed E-state index contributed by atoms with van der Waals surface area (Å²) < 4.78 is 0. The highest BCUT2D eigenvalue weighted by atomic mass is 35.5. The first-order valence-corrected chi connectivity index (χ1v) is 9.43. The van der Waals surface area contributed by atoms with E-state index in [-0.39, 0.29) is 11.5 Å². The van der Waals surface area contributed by atoms with Crippen LogP contribution in [0.25, 0.3) is 0 Å². The summed E-state index contributed by atoms with van der Waals surface area (Å²) in [6.45, 7) is 4.21. The number of nitrogens with two attached hydrogens (primary N) is 1. The van der Waals surface area contributed by atoms with Crippen LogP contribution in [0.3, 0.4) is 0 Å². The Hall–Kier alpha value is -1.35. The minimum Gasteiger partial charge on any atom is -0.398 e. The Kier molecular flexibility index (Phi) is 5.00. The Bertz CT molecular complexity index is 670. The van der Waals surface area contributed by atoms with Crippen LogP contribution >= 0.6 is 11.6 Å². The SMILES string of the molecule is CC1(C)Cc2cc(Cl)c(N)cc2C(CC(=O)C2CCCCCC2)=N1. The molecule has 1 saturated carbocycles. The normalized spacial score (nSPS) is 20.9. The maximum absolute atomic E-state index is 12.9. The average molecular weight is 347 g/mol. The quantitative estimate of drug-likeness (QED) is 0.620. The Morgan fingerprint density at radius 1 is 1.25 bits per heavy atom. The van der Waals surface area contributed by atoms with Gasteiger partial charge in [0.15, 0.2) is 0 Å². The van der Waals surface area contributed by atoms with Crippen molar-refractivity contribution in [1.29, 1.82) is 0 Å². The Labute approximate surface area is 149 Å². The molecule has 2 aliphatic rings. The van der Waals surface area contributed by atoms with E-state index in [0.717, 1.165) is 36.1 Å². The number of carbonyl (C=O) groups excluding carboxylic acids is 1. The lowest BCUT2D eigenvalue weighted by molar-refractivity contribution is -0.122. The second kappa shape index (κ2) is 6.87. The van der Waals surface area contributed by atoms with Crippen molar-refractivity contribution in [3.8, 4) is 0 Å². The highest BCUT2D eigenvalue weighted by Crippen LogP contribution is 2.34. The first-order chi connectivity index (χ1) is 11.4. The molecule has 130 valence electrons. The van der Waals surface area contributed by atoms with Crippen molar-refractivity contribution in [2.45, 2.75) is 70.8 Å². The number of hydrogen-bond donors (Lipinski definition) is 1. The van der Waals surface area contributed by atoms with Crippen molar-refractivity contribution in [1.82, 2.24) is 0 Å². The zero-order valence-electron chi connectivity index (χ0n) is 14.7. The third-order valence-corrected chi connectivity index (χ3v) is 5.57. The van der Waals surface area contributed by atoms with Crippen molar-refractivity contribution in [3.05, 3.63) is 28.3 Å². The van der Waals surface area contributed by atoms with E-state index in [9.17, 15) is 4.79 Å². The molecule has 0 aromatic heterocycles. The molecule has 3 nitrogen and oxygen atoms in total. The zero-order valence-corrected chi connectivity index (χ0v) is 15.5. The van der Waals surface area contributed by atoms with E-state index in [1.165, 1.54) is 25.7 Å². The van der Waals surface area contributed by atoms with Crippen molar-refractivity contribution in [2.24, 2.45) is 10.9 Å². The van der Waals surface area contributed by atoms with Gasteiger partial charge in [-0.3, -0.25) is 9.79 Å². The number of fused-ring (bicyclic) bond motifs is 1. The van der Waals surface area contributed by atoms with Gasteiger partial charge >= 0.3 is 0 Å². The van der Waals surface area contributed by atoms with E-state index in [1.807, 2.05) is 12.1 Å². The Morgan fingerprint density at radius 3 is 2.58 bits per heavy atom. The number of aliphatic imine (C=N–C) groups is 1. The second-order valence-electron chi connectivity index (χ2n) is 7.91. The third kappa shape index (κ3) is 3.83. The van der Waals surface area contributed by atoms with Crippen molar-refractivity contribution in [3.63, 3.8) is 0 Å². The van der Waals surface area contributed by atoms with E-state index in [2.05, 4.69) is 13.8 Å². The van der Waals surface area contributed by atoms with Crippen LogP contribution in [-0.2, 0) is 11.2 Å². The van der Waals surface area contributed by atoms with Gasteiger partial charge in [-0.25, -0.2) is 0 Å². The monoisotopic (exact) mass is 346 g/mol. The van der Waals surface area contributed by atoms with Gasteiger partial charge in [-0.15, -0.1) is 0 Å². The fourth-order valence-electron chi connectivity index (χ4n) is 4.02. The number of halogens is 1. The van der Waals surface area contributed by atoms with Gasteiger partial charge in [0.25, 0.3) is 0 Å².